The molecule has 0 radical (unpaired) electrons. The van der Waals surface area contributed by atoms with E-state index in [-0.39, 0.29) is 17.7 Å². The topological polar surface area (TPSA) is 142 Å². The highest BCUT2D eigenvalue weighted by molar-refractivity contribution is 5.95. The molecule has 0 fully saturated rings. The smallest absolute Gasteiger partial charge is 0.356 e. The van der Waals surface area contributed by atoms with Crippen molar-refractivity contribution in [2.24, 2.45) is 0 Å². The predicted octanol–water partition coefficient (Wildman–Crippen LogP) is 1.67. The minimum atomic E-state index is -1.79. The number of carboxylic acid groups (broad SMARTS) is 2. The molecule has 0 aliphatic rings. The molecule has 160 valence electrons. The van der Waals surface area contributed by atoms with Crippen LogP contribution in [0.1, 0.15) is 32.0 Å². The van der Waals surface area contributed by atoms with Crippen molar-refractivity contribution in [1.82, 2.24) is 15.1 Å². The number of nitrogens with one attached hydrogen (secondary N) is 1. The fraction of sp³-hybridized carbons (Fsp3) is 0.182. The normalized spacial score (nSPS) is 12.7. The van der Waals surface area contributed by atoms with Crippen molar-refractivity contribution in [3.05, 3.63) is 83.2 Å². The van der Waals surface area contributed by atoms with E-state index in [1.165, 1.54) is 23.0 Å². The summed E-state index contributed by atoms with van der Waals surface area (Å²) in [5.41, 5.74) is 2.09. The minimum Gasteiger partial charge on any atom is -0.479 e. The van der Waals surface area contributed by atoms with Crippen molar-refractivity contribution in [3.63, 3.8) is 0 Å². The van der Waals surface area contributed by atoms with E-state index in [0.717, 1.165) is 11.1 Å². The van der Waals surface area contributed by atoms with Gasteiger partial charge in [-0.1, -0.05) is 36.4 Å². The van der Waals surface area contributed by atoms with E-state index in [1.54, 1.807) is 43.3 Å². The predicted molar refractivity (Wildman–Crippen MR) is 110 cm³/mol. The SMILES string of the molecule is Cc1ccc(C(=O)NC(Cc2ccccc2)[C@@H](O)C(=O)O)cc1-n1ccc(C(=O)O)n1. The largest absolute Gasteiger partial charge is 0.479 e. The second-order valence-electron chi connectivity index (χ2n) is 7.00. The van der Waals surface area contributed by atoms with Crippen molar-refractivity contribution in [3.8, 4) is 5.69 Å². The molecule has 0 spiro atoms. The lowest BCUT2D eigenvalue weighted by Gasteiger charge is -2.22. The molecular formula is C22H21N3O6. The Morgan fingerprint density at radius 2 is 1.77 bits per heavy atom. The van der Waals surface area contributed by atoms with Gasteiger partial charge in [0.1, 0.15) is 0 Å². The van der Waals surface area contributed by atoms with Gasteiger partial charge in [-0.05, 0) is 42.7 Å². The first-order valence-corrected chi connectivity index (χ1v) is 9.42. The van der Waals surface area contributed by atoms with Crippen LogP contribution in [0.5, 0.6) is 0 Å². The minimum absolute atomic E-state index is 0.125. The number of aromatic carboxylic acids is 1. The molecule has 1 amide bonds. The molecule has 2 aromatic carbocycles. The van der Waals surface area contributed by atoms with E-state index in [4.69, 9.17) is 5.11 Å². The Kier molecular flexibility index (Phi) is 6.46. The number of hydrogen-bond donors (Lipinski definition) is 4. The number of hydrogen-bond acceptors (Lipinski definition) is 5. The number of aromatic nitrogens is 2. The maximum atomic E-state index is 12.8. The Labute approximate surface area is 177 Å². The highest BCUT2D eigenvalue weighted by Gasteiger charge is 2.28. The molecule has 3 rings (SSSR count). The lowest BCUT2D eigenvalue weighted by Crippen LogP contribution is -2.48. The summed E-state index contributed by atoms with van der Waals surface area (Å²) in [7, 11) is 0. The highest BCUT2D eigenvalue weighted by atomic mass is 16.4. The first-order valence-electron chi connectivity index (χ1n) is 9.42. The standard InChI is InChI=1S/C22H21N3O6/c1-13-7-8-15(12-18(13)25-10-9-16(24-25)21(28)29)20(27)23-17(19(26)22(30)31)11-14-5-3-2-4-6-14/h2-10,12,17,19,26H,11H2,1H3,(H,23,27)(H,28,29)(H,30,31)/t17?,19-/m1/s1. The quantitative estimate of drug-likeness (QED) is 0.432. The lowest BCUT2D eigenvalue weighted by molar-refractivity contribution is -0.148. The van der Waals surface area contributed by atoms with Crippen LogP contribution in [0.4, 0.5) is 0 Å². The molecule has 0 aliphatic carbocycles. The Bertz CT molecular complexity index is 1110. The van der Waals surface area contributed by atoms with Gasteiger partial charge >= 0.3 is 11.9 Å². The Morgan fingerprint density at radius 1 is 1.06 bits per heavy atom. The number of benzene rings is 2. The third kappa shape index (κ3) is 5.14. The van der Waals surface area contributed by atoms with E-state index in [9.17, 15) is 24.6 Å². The molecule has 1 aromatic heterocycles. The number of aryl methyl sites for hydroxylation is 1. The first kappa shape index (κ1) is 21.7. The van der Waals surface area contributed by atoms with Crippen LogP contribution in [-0.4, -0.2) is 55.1 Å². The molecule has 9 nitrogen and oxygen atoms in total. The number of aliphatic hydroxyl groups excluding tert-OH is 1. The van der Waals surface area contributed by atoms with Crippen molar-refractivity contribution < 1.29 is 29.7 Å². The average Bonchev–Trinajstić information content (AvgIpc) is 3.24. The molecule has 0 saturated carbocycles. The number of amides is 1. The zero-order valence-corrected chi connectivity index (χ0v) is 16.6. The van der Waals surface area contributed by atoms with Gasteiger partial charge in [-0.2, -0.15) is 5.10 Å². The molecule has 4 N–H and O–H groups in total. The van der Waals surface area contributed by atoms with Gasteiger partial charge in [-0.15, -0.1) is 0 Å². The summed E-state index contributed by atoms with van der Waals surface area (Å²) in [6, 6.07) is 14.0. The monoisotopic (exact) mass is 423 g/mol. The average molecular weight is 423 g/mol. The molecule has 9 heteroatoms. The molecule has 31 heavy (non-hydrogen) atoms. The summed E-state index contributed by atoms with van der Waals surface area (Å²) in [6.45, 7) is 1.78. The molecule has 0 aliphatic heterocycles. The molecular weight excluding hydrogens is 402 g/mol. The van der Waals surface area contributed by atoms with Crippen LogP contribution >= 0.6 is 0 Å². The number of carboxylic acids is 2. The van der Waals surface area contributed by atoms with E-state index in [0.29, 0.717) is 5.69 Å². The number of carbonyl (C=O) groups is 3. The Balaban J connectivity index is 1.86. The van der Waals surface area contributed by atoms with E-state index < -0.39 is 30.0 Å². The van der Waals surface area contributed by atoms with Gasteiger partial charge < -0.3 is 20.6 Å². The second-order valence-corrected chi connectivity index (χ2v) is 7.00. The zero-order valence-electron chi connectivity index (χ0n) is 16.6. The molecule has 0 bridgehead atoms. The maximum absolute atomic E-state index is 12.8. The maximum Gasteiger partial charge on any atom is 0.356 e. The molecule has 0 saturated heterocycles. The summed E-state index contributed by atoms with van der Waals surface area (Å²) in [6.07, 6.45) is -0.196. The van der Waals surface area contributed by atoms with Crippen LogP contribution in [0.3, 0.4) is 0 Å². The molecule has 3 aromatic rings. The van der Waals surface area contributed by atoms with Gasteiger partial charge in [0.05, 0.1) is 11.7 Å². The molecule has 2 atom stereocenters. The highest BCUT2D eigenvalue weighted by Crippen LogP contribution is 2.17. The van der Waals surface area contributed by atoms with Gasteiger partial charge in [0.25, 0.3) is 5.91 Å². The van der Waals surface area contributed by atoms with E-state index in [1.807, 2.05) is 6.07 Å². The number of rotatable bonds is 8. The summed E-state index contributed by atoms with van der Waals surface area (Å²) < 4.78 is 1.35. The Hall–Kier alpha value is -3.98. The van der Waals surface area contributed by atoms with Gasteiger partial charge in [-0.25, -0.2) is 14.3 Å². The van der Waals surface area contributed by atoms with Crippen molar-refractivity contribution >= 4 is 17.8 Å². The number of aliphatic carboxylic acids is 1. The van der Waals surface area contributed by atoms with E-state index >= 15 is 0 Å². The third-order valence-electron chi connectivity index (χ3n) is 4.78. The van der Waals surface area contributed by atoms with E-state index in [2.05, 4.69) is 10.4 Å². The van der Waals surface area contributed by atoms with Gasteiger partial charge in [0, 0.05) is 11.8 Å². The van der Waals surface area contributed by atoms with Crippen LogP contribution in [0.2, 0.25) is 0 Å². The van der Waals surface area contributed by atoms with Gasteiger partial charge in [0.2, 0.25) is 0 Å². The summed E-state index contributed by atoms with van der Waals surface area (Å²) in [5, 5.41) is 35.0. The first-order chi connectivity index (χ1) is 14.8. The number of nitrogens with zero attached hydrogens (tertiary/aromatic N) is 2. The second kappa shape index (κ2) is 9.23. The molecule has 1 heterocycles. The van der Waals surface area contributed by atoms with Crippen molar-refractivity contribution in [1.29, 1.82) is 0 Å². The zero-order chi connectivity index (χ0) is 22.5. The van der Waals surface area contributed by atoms with Crippen molar-refractivity contribution in [2.45, 2.75) is 25.5 Å². The van der Waals surface area contributed by atoms with Crippen LogP contribution in [0, 0.1) is 6.92 Å². The number of aliphatic hydroxyl groups is 1. The van der Waals surface area contributed by atoms with Crippen LogP contribution in [0.15, 0.2) is 60.8 Å². The Morgan fingerprint density at radius 3 is 2.39 bits per heavy atom. The summed E-state index contributed by atoms with van der Waals surface area (Å²) in [4.78, 5) is 35.3. The van der Waals surface area contributed by atoms with Crippen molar-refractivity contribution in [2.75, 3.05) is 0 Å². The fourth-order valence-corrected chi connectivity index (χ4v) is 3.10. The van der Waals surface area contributed by atoms with Crippen LogP contribution < -0.4 is 5.32 Å². The van der Waals surface area contributed by atoms with Gasteiger partial charge in [0.15, 0.2) is 11.8 Å². The fourth-order valence-electron chi connectivity index (χ4n) is 3.10. The third-order valence-corrected chi connectivity index (χ3v) is 4.78. The lowest BCUT2D eigenvalue weighted by atomic mass is 10.0. The van der Waals surface area contributed by atoms with Gasteiger partial charge in [-0.3, -0.25) is 4.79 Å². The van der Waals surface area contributed by atoms with Crippen LogP contribution in [-0.2, 0) is 11.2 Å². The molecule has 1 unspecified atom stereocenters. The summed E-state index contributed by atoms with van der Waals surface area (Å²) >= 11 is 0. The van der Waals surface area contributed by atoms with Crippen LogP contribution in [0.25, 0.3) is 5.69 Å². The number of carbonyl (C=O) groups excluding carboxylic acids is 1. The summed E-state index contributed by atoms with van der Waals surface area (Å²) in [5.74, 6) is -3.19.